The van der Waals surface area contributed by atoms with Gasteiger partial charge in [-0.1, -0.05) is 6.07 Å². The van der Waals surface area contributed by atoms with Crippen LogP contribution in [0.25, 0.3) is 0 Å². The summed E-state index contributed by atoms with van der Waals surface area (Å²) >= 11 is 0. The predicted octanol–water partition coefficient (Wildman–Crippen LogP) is 2.20. The van der Waals surface area contributed by atoms with E-state index in [-0.39, 0.29) is 0 Å². The number of anilines is 1. The van der Waals surface area contributed by atoms with Crippen molar-refractivity contribution in [3.05, 3.63) is 47.3 Å². The Labute approximate surface area is 93.9 Å². The Morgan fingerprint density at radius 1 is 1.44 bits per heavy atom. The molecule has 4 nitrogen and oxygen atoms in total. The number of nitrogens with one attached hydrogen (secondary N) is 2. The van der Waals surface area contributed by atoms with Gasteiger partial charge in [0.25, 0.3) is 0 Å². The molecule has 16 heavy (non-hydrogen) atoms. The van der Waals surface area contributed by atoms with Crippen molar-refractivity contribution in [3.8, 4) is 6.07 Å². The summed E-state index contributed by atoms with van der Waals surface area (Å²) in [5.74, 6) is 0. The summed E-state index contributed by atoms with van der Waals surface area (Å²) in [7, 11) is 0. The number of benzene rings is 1. The van der Waals surface area contributed by atoms with Gasteiger partial charge in [0.05, 0.1) is 23.9 Å². The second-order valence-electron chi connectivity index (χ2n) is 3.58. The van der Waals surface area contributed by atoms with E-state index in [0.29, 0.717) is 12.1 Å². The van der Waals surface area contributed by atoms with Gasteiger partial charge in [-0.25, -0.2) is 0 Å². The van der Waals surface area contributed by atoms with Crippen LogP contribution in [0.1, 0.15) is 16.8 Å². The molecular weight excluding hydrogens is 200 g/mol. The van der Waals surface area contributed by atoms with Crippen LogP contribution in [0.4, 0.5) is 5.69 Å². The third kappa shape index (κ3) is 2.20. The van der Waals surface area contributed by atoms with Crippen molar-refractivity contribution in [3.63, 3.8) is 0 Å². The number of aryl methyl sites for hydroxylation is 1. The maximum Gasteiger partial charge on any atom is 0.0992 e. The van der Waals surface area contributed by atoms with E-state index in [1.165, 1.54) is 0 Å². The highest BCUT2D eigenvalue weighted by molar-refractivity contribution is 5.55. The summed E-state index contributed by atoms with van der Waals surface area (Å²) in [5.41, 5.74) is 3.78. The third-order valence-electron chi connectivity index (χ3n) is 2.39. The number of hydrogen-bond acceptors (Lipinski definition) is 3. The van der Waals surface area contributed by atoms with Gasteiger partial charge in [-0.05, 0) is 30.7 Å². The molecule has 80 valence electrons. The lowest BCUT2D eigenvalue weighted by Crippen LogP contribution is -2.01. The molecule has 0 saturated carbocycles. The maximum absolute atomic E-state index is 8.81. The van der Waals surface area contributed by atoms with Gasteiger partial charge in [-0.3, -0.25) is 5.10 Å². The molecule has 0 aliphatic carbocycles. The smallest absolute Gasteiger partial charge is 0.0992 e. The number of nitrogens with zero attached hydrogens (tertiary/aromatic N) is 2. The number of H-pyrrole nitrogens is 1. The van der Waals surface area contributed by atoms with Crippen molar-refractivity contribution in [2.75, 3.05) is 5.32 Å². The predicted molar refractivity (Wildman–Crippen MR) is 61.8 cm³/mol. The fraction of sp³-hybridized carbons (Fsp3) is 0.167. The molecule has 0 saturated heterocycles. The minimum atomic E-state index is 0.665. The van der Waals surface area contributed by atoms with E-state index in [1.54, 1.807) is 6.20 Å². The zero-order valence-corrected chi connectivity index (χ0v) is 8.99. The van der Waals surface area contributed by atoms with Gasteiger partial charge in [0.1, 0.15) is 0 Å². The van der Waals surface area contributed by atoms with Crippen LogP contribution >= 0.6 is 0 Å². The largest absolute Gasteiger partial charge is 0.379 e. The van der Waals surface area contributed by atoms with E-state index in [4.69, 9.17) is 5.26 Å². The fourth-order valence-corrected chi connectivity index (χ4v) is 1.46. The van der Waals surface area contributed by atoms with Crippen LogP contribution < -0.4 is 5.32 Å². The second-order valence-corrected chi connectivity index (χ2v) is 3.58. The van der Waals surface area contributed by atoms with Crippen molar-refractivity contribution < 1.29 is 0 Å². The Balaban J connectivity index is 2.12. The van der Waals surface area contributed by atoms with Crippen molar-refractivity contribution in [1.82, 2.24) is 10.2 Å². The van der Waals surface area contributed by atoms with Gasteiger partial charge in [0, 0.05) is 11.9 Å². The Bertz CT molecular complexity index is 508. The number of hydrogen-bond donors (Lipinski definition) is 2. The van der Waals surface area contributed by atoms with E-state index in [0.717, 1.165) is 16.9 Å². The SMILES string of the molecule is Cc1ccc(C#N)cc1NCc1ccn[nH]1. The minimum absolute atomic E-state index is 0.665. The zero-order valence-electron chi connectivity index (χ0n) is 8.99. The number of aromatic amines is 1. The highest BCUT2D eigenvalue weighted by Crippen LogP contribution is 2.16. The van der Waals surface area contributed by atoms with E-state index < -0.39 is 0 Å². The first kappa shape index (κ1) is 10.2. The molecule has 1 aromatic heterocycles. The van der Waals surface area contributed by atoms with Gasteiger partial charge in [-0.2, -0.15) is 10.4 Å². The van der Waals surface area contributed by atoms with Crippen LogP contribution in [-0.4, -0.2) is 10.2 Å². The highest BCUT2D eigenvalue weighted by Gasteiger charge is 2.00. The van der Waals surface area contributed by atoms with Gasteiger partial charge in [0.15, 0.2) is 0 Å². The second kappa shape index (κ2) is 4.49. The maximum atomic E-state index is 8.81. The molecule has 0 fully saturated rings. The van der Waals surface area contributed by atoms with Crippen LogP contribution in [0.2, 0.25) is 0 Å². The van der Waals surface area contributed by atoms with Gasteiger partial charge >= 0.3 is 0 Å². The topological polar surface area (TPSA) is 64.5 Å². The summed E-state index contributed by atoms with van der Waals surface area (Å²) < 4.78 is 0. The van der Waals surface area contributed by atoms with Gasteiger partial charge in [-0.15, -0.1) is 0 Å². The zero-order chi connectivity index (χ0) is 11.4. The lowest BCUT2D eigenvalue weighted by atomic mass is 10.1. The number of aromatic nitrogens is 2. The monoisotopic (exact) mass is 212 g/mol. The average molecular weight is 212 g/mol. The van der Waals surface area contributed by atoms with Crippen LogP contribution in [0.15, 0.2) is 30.5 Å². The summed E-state index contributed by atoms with van der Waals surface area (Å²) in [6.45, 7) is 2.69. The van der Waals surface area contributed by atoms with Crippen LogP contribution in [0.5, 0.6) is 0 Å². The average Bonchev–Trinajstić information content (AvgIpc) is 2.81. The quantitative estimate of drug-likeness (QED) is 0.819. The van der Waals surface area contributed by atoms with E-state index in [1.807, 2.05) is 31.2 Å². The van der Waals surface area contributed by atoms with Crippen molar-refractivity contribution >= 4 is 5.69 Å². The Hall–Kier alpha value is -2.28. The lowest BCUT2D eigenvalue weighted by molar-refractivity contribution is 0.980. The van der Waals surface area contributed by atoms with Crippen molar-refractivity contribution in [1.29, 1.82) is 5.26 Å². The molecular formula is C12H12N4. The molecule has 0 aliphatic rings. The van der Waals surface area contributed by atoms with Crippen LogP contribution in [0, 0.1) is 18.3 Å². The molecule has 2 N–H and O–H groups in total. The molecule has 0 aliphatic heterocycles. The van der Waals surface area contributed by atoms with Gasteiger partial charge in [0.2, 0.25) is 0 Å². The Morgan fingerprint density at radius 2 is 2.31 bits per heavy atom. The first-order chi connectivity index (χ1) is 7.79. The molecule has 0 amide bonds. The first-order valence-electron chi connectivity index (χ1n) is 5.02. The van der Waals surface area contributed by atoms with Crippen molar-refractivity contribution in [2.45, 2.75) is 13.5 Å². The first-order valence-corrected chi connectivity index (χ1v) is 5.02. The molecule has 0 spiro atoms. The highest BCUT2D eigenvalue weighted by atomic mass is 15.1. The minimum Gasteiger partial charge on any atom is -0.379 e. The Kier molecular flexibility index (Phi) is 2.88. The van der Waals surface area contributed by atoms with Crippen molar-refractivity contribution in [2.24, 2.45) is 0 Å². The molecule has 2 rings (SSSR count). The van der Waals surface area contributed by atoms with E-state index in [2.05, 4.69) is 21.6 Å². The number of nitriles is 1. The fourth-order valence-electron chi connectivity index (χ4n) is 1.46. The molecule has 0 atom stereocenters. The summed E-state index contributed by atoms with van der Waals surface area (Å²) in [5, 5.41) is 18.8. The Morgan fingerprint density at radius 3 is 3.00 bits per heavy atom. The van der Waals surface area contributed by atoms with E-state index >= 15 is 0 Å². The summed E-state index contributed by atoms with van der Waals surface area (Å²) in [4.78, 5) is 0. The summed E-state index contributed by atoms with van der Waals surface area (Å²) in [6, 6.07) is 9.65. The van der Waals surface area contributed by atoms with Crippen LogP contribution in [-0.2, 0) is 6.54 Å². The molecule has 2 aromatic rings. The molecule has 0 unspecified atom stereocenters. The molecule has 0 bridgehead atoms. The standard InChI is InChI=1S/C12H12N4/c1-9-2-3-10(7-13)6-12(9)14-8-11-4-5-15-16-11/h2-6,14H,8H2,1H3,(H,15,16). The molecule has 1 aromatic carbocycles. The van der Waals surface area contributed by atoms with E-state index in [9.17, 15) is 0 Å². The lowest BCUT2D eigenvalue weighted by Gasteiger charge is -2.08. The molecule has 1 heterocycles. The van der Waals surface area contributed by atoms with Crippen LogP contribution in [0.3, 0.4) is 0 Å². The number of rotatable bonds is 3. The normalized spacial score (nSPS) is 9.75. The molecule has 0 radical (unpaired) electrons. The third-order valence-corrected chi connectivity index (χ3v) is 2.39. The summed E-state index contributed by atoms with van der Waals surface area (Å²) in [6.07, 6.45) is 1.72. The molecule has 4 heteroatoms. The van der Waals surface area contributed by atoms with Gasteiger partial charge < -0.3 is 5.32 Å².